The average Bonchev–Trinajstić information content (AvgIpc) is 3.35. The Kier molecular flexibility index (Phi) is 4.45. The lowest BCUT2D eigenvalue weighted by molar-refractivity contribution is -0.176. The summed E-state index contributed by atoms with van der Waals surface area (Å²) in [6, 6.07) is 5.27. The van der Waals surface area contributed by atoms with Crippen LogP contribution in [0.2, 0.25) is 0 Å². The molecule has 9 heteroatoms. The second kappa shape index (κ2) is 6.71. The van der Waals surface area contributed by atoms with E-state index in [1.165, 1.54) is 7.11 Å². The summed E-state index contributed by atoms with van der Waals surface area (Å²) in [4.78, 5) is 12.3. The highest BCUT2D eigenvalue weighted by Crippen LogP contribution is 2.51. The van der Waals surface area contributed by atoms with E-state index in [1.54, 1.807) is 0 Å². The Morgan fingerprint density at radius 1 is 0.933 bits per heavy atom. The van der Waals surface area contributed by atoms with Gasteiger partial charge in [0.15, 0.2) is 23.1 Å². The van der Waals surface area contributed by atoms with Crippen molar-refractivity contribution in [2.75, 3.05) is 13.9 Å². The van der Waals surface area contributed by atoms with E-state index in [2.05, 4.69) is 5.32 Å². The molecule has 3 fully saturated rings. The Balaban J connectivity index is 1.60. The maximum atomic E-state index is 12.3. The smallest absolute Gasteiger partial charge is 0.407 e. The molecule has 1 aromatic carbocycles. The van der Waals surface area contributed by atoms with Crippen molar-refractivity contribution in [3.8, 4) is 11.5 Å². The molecule has 4 aliphatic rings. The molecule has 3 aliphatic heterocycles. The summed E-state index contributed by atoms with van der Waals surface area (Å²) in [5.41, 5.74) is 0.920. The largest absolute Gasteiger partial charge is 0.454 e. The monoisotopic (exact) mass is 421 g/mol. The molecular formula is C21H27NO8. The predicted octanol–water partition coefficient (Wildman–Crippen LogP) is 2.28. The molecule has 0 radical (unpaired) electrons. The molecule has 5 rings (SSSR count). The third kappa shape index (κ3) is 3.20. The molecule has 1 aromatic rings. The first-order valence-electron chi connectivity index (χ1n) is 10.1. The summed E-state index contributed by atoms with van der Waals surface area (Å²) < 4.78 is 41.0. The lowest BCUT2D eigenvalue weighted by Gasteiger charge is -2.43. The minimum atomic E-state index is -0.824. The summed E-state index contributed by atoms with van der Waals surface area (Å²) in [7, 11) is 1.34. The van der Waals surface area contributed by atoms with Crippen molar-refractivity contribution in [2.45, 2.75) is 75.6 Å². The van der Waals surface area contributed by atoms with Crippen molar-refractivity contribution < 1.29 is 38.0 Å². The van der Waals surface area contributed by atoms with Crippen LogP contribution in [0.5, 0.6) is 11.5 Å². The number of methoxy groups -OCH3 is 1. The zero-order valence-electron chi connectivity index (χ0n) is 17.7. The van der Waals surface area contributed by atoms with Crippen molar-refractivity contribution in [1.82, 2.24) is 5.32 Å². The maximum Gasteiger partial charge on any atom is 0.407 e. The lowest BCUT2D eigenvalue weighted by atomic mass is 9.73. The summed E-state index contributed by atoms with van der Waals surface area (Å²) in [6.45, 7) is 7.64. The van der Waals surface area contributed by atoms with Crippen LogP contribution in [0.15, 0.2) is 18.2 Å². The number of carbonyl (C=O) groups is 1. The second-order valence-electron chi connectivity index (χ2n) is 8.93. The molecule has 1 saturated carbocycles. The second-order valence-corrected chi connectivity index (χ2v) is 8.93. The van der Waals surface area contributed by atoms with Crippen LogP contribution in [0.3, 0.4) is 0 Å². The highest BCUT2D eigenvalue weighted by Gasteiger charge is 2.64. The van der Waals surface area contributed by atoms with Crippen LogP contribution < -0.4 is 14.8 Å². The van der Waals surface area contributed by atoms with Gasteiger partial charge in [-0.1, -0.05) is 6.07 Å². The molecule has 0 bridgehead atoms. The van der Waals surface area contributed by atoms with Crippen molar-refractivity contribution in [2.24, 2.45) is 0 Å². The van der Waals surface area contributed by atoms with Gasteiger partial charge in [0.2, 0.25) is 6.79 Å². The highest BCUT2D eigenvalue weighted by atomic mass is 16.8. The molecule has 1 N–H and O–H groups in total. The number of fused-ring (bicyclic) bond motifs is 4. The third-order valence-corrected chi connectivity index (χ3v) is 6.00. The number of alkyl carbamates (subject to hydrolysis) is 1. The van der Waals surface area contributed by atoms with Crippen molar-refractivity contribution >= 4 is 6.09 Å². The Hall–Kier alpha value is -2.07. The normalized spacial score (nSPS) is 37.4. The number of rotatable bonds is 2. The topological polar surface area (TPSA) is 93.7 Å². The summed E-state index contributed by atoms with van der Waals surface area (Å²) in [6.07, 6.45) is -2.14. The average molecular weight is 421 g/mol. The molecule has 9 nitrogen and oxygen atoms in total. The van der Waals surface area contributed by atoms with E-state index in [1.807, 2.05) is 45.9 Å². The number of benzene rings is 1. The molecule has 1 amide bonds. The minimum absolute atomic E-state index is 0.182. The van der Waals surface area contributed by atoms with Gasteiger partial charge >= 0.3 is 6.09 Å². The quantitative estimate of drug-likeness (QED) is 0.777. The predicted molar refractivity (Wildman–Crippen MR) is 102 cm³/mol. The standard InChI is InChI=1S/C21H27NO8/c1-20(2)27-15-13(10-6-7-11-12(8-10)26-9-25-11)14(22-19(23)24-5)16-18(17(15)29-20)30-21(3,4)28-16/h6-8,13-18H,9H2,1-5H3,(H,22,23)/t13-,14-,15-,16+,17-,18+/m1/s1. The molecule has 0 aromatic heterocycles. The Bertz CT molecular complexity index is 855. The molecule has 30 heavy (non-hydrogen) atoms. The number of carbonyl (C=O) groups excluding carboxylic acids is 1. The van der Waals surface area contributed by atoms with E-state index >= 15 is 0 Å². The number of amides is 1. The molecule has 1 aliphatic carbocycles. The van der Waals surface area contributed by atoms with E-state index < -0.39 is 35.9 Å². The van der Waals surface area contributed by atoms with Crippen LogP contribution in [0.25, 0.3) is 0 Å². The van der Waals surface area contributed by atoms with Crippen LogP contribution >= 0.6 is 0 Å². The van der Waals surface area contributed by atoms with Gasteiger partial charge in [0.1, 0.15) is 18.3 Å². The Labute approximate surface area is 174 Å². The van der Waals surface area contributed by atoms with Gasteiger partial charge < -0.3 is 38.5 Å². The highest BCUT2D eigenvalue weighted by molar-refractivity contribution is 5.68. The first-order valence-corrected chi connectivity index (χ1v) is 10.1. The van der Waals surface area contributed by atoms with Crippen molar-refractivity contribution in [3.05, 3.63) is 23.8 Å². The molecule has 0 unspecified atom stereocenters. The van der Waals surface area contributed by atoms with Gasteiger partial charge in [-0.25, -0.2) is 4.79 Å². The first kappa shape index (κ1) is 19.9. The maximum absolute atomic E-state index is 12.3. The van der Waals surface area contributed by atoms with Crippen LogP contribution in [-0.4, -0.2) is 62.0 Å². The van der Waals surface area contributed by atoms with E-state index in [0.717, 1.165) is 5.56 Å². The van der Waals surface area contributed by atoms with Crippen LogP contribution in [0, 0.1) is 0 Å². The minimum Gasteiger partial charge on any atom is -0.454 e. The fraction of sp³-hybridized carbons (Fsp3) is 0.667. The third-order valence-electron chi connectivity index (χ3n) is 6.00. The zero-order chi connectivity index (χ0) is 21.3. The van der Waals surface area contributed by atoms with E-state index in [4.69, 9.17) is 33.2 Å². The fourth-order valence-electron chi connectivity index (χ4n) is 4.99. The number of hydrogen-bond donors (Lipinski definition) is 1. The number of nitrogens with one attached hydrogen (secondary N) is 1. The number of hydrogen-bond acceptors (Lipinski definition) is 8. The summed E-state index contributed by atoms with van der Waals surface area (Å²) in [5, 5.41) is 2.96. The molecule has 0 spiro atoms. The van der Waals surface area contributed by atoms with Gasteiger partial charge in [0.05, 0.1) is 19.3 Å². The van der Waals surface area contributed by atoms with Gasteiger partial charge in [0.25, 0.3) is 0 Å². The fourth-order valence-corrected chi connectivity index (χ4v) is 4.99. The summed E-state index contributed by atoms with van der Waals surface area (Å²) >= 11 is 0. The Morgan fingerprint density at radius 3 is 2.23 bits per heavy atom. The van der Waals surface area contributed by atoms with Crippen LogP contribution in [-0.2, 0) is 23.7 Å². The van der Waals surface area contributed by atoms with Gasteiger partial charge in [0, 0.05) is 5.92 Å². The molecule has 164 valence electrons. The van der Waals surface area contributed by atoms with Crippen LogP contribution in [0.1, 0.15) is 39.2 Å². The molecule has 6 atom stereocenters. The van der Waals surface area contributed by atoms with Crippen molar-refractivity contribution in [1.29, 1.82) is 0 Å². The zero-order valence-corrected chi connectivity index (χ0v) is 17.7. The summed E-state index contributed by atoms with van der Waals surface area (Å²) in [5.74, 6) is -0.568. The Morgan fingerprint density at radius 2 is 1.53 bits per heavy atom. The molecular weight excluding hydrogens is 394 g/mol. The lowest BCUT2D eigenvalue weighted by Crippen LogP contribution is -2.63. The first-order chi connectivity index (χ1) is 14.2. The van der Waals surface area contributed by atoms with E-state index in [0.29, 0.717) is 11.5 Å². The van der Waals surface area contributed by atoms with Gasteiger partial charge in [-0.2, -0.15) is 0 Å². The van der Waals surface area contributed by atoms with Gasteiger partial charge in [-0.05, 0) is 45.4 Å². The van der Waals surface area contributed by atoms with E-state index in [-0.39, 0.29) is 24.9 Å². The SMILES string of the molecule is COC(=O)N[C@H]1[C@@H]2OC(C)(C)O[C@@H]2[C@@H]2OC(C)(C)O[C@@H]2[C@@H]1c1ccc2c(c1)OCO2. The van der Waals surface area contributed by atoms with Crippen molar-refractivity contribution in [3.63, 3.8) is 0 Å². The van der Waals surface area contributed by atoms with E-state index in [9.17, 15) is 4.79 Å². The molecule has 2 saturated heterocycles. The van der Waals surface area contributed by atoms with Gasteiger partial charge in [-0.15, -0.1) is 0 Å². The molecule has 3 heterocycles. The van der Waals surface area contributed by atoms with Crippen LogP contribution in [0.4, 0.5) is 4.79 Å². The van der Waals surface area contributed by atoms with Gasteiger partial charge in [-0.3, -0.25) is 0 Å². The number of ether oxygens (including phenoxy) is 7.